The minimum Gasteiger partial charge on any atom is -0.157 e. The standard InChI is InChI=1S/C3H7.CH3.Mg/c1-3-2;;/h1,3H2,2H3;1H3;. The summed E-state index contributed by atoms with van der Waals surface area (Å²) in [7, 11) is 0. The predicted molar refractivity (Wildman–Crippen MR) is 26.7 cm³/mol. The van der Waals surface area contributed by atoms with Crippen molar-refractivity contribution in [1.29, 1.82) is 0 Å². The lowest BCUT2D eigenvalue weighted by atomic mass is 10.6. The van der Waals surface area contributed by atoms with Crippen molar-refractivity contribution in [3.8, 4) is 0 Å². The molecule has 0 aliphatic heterocycles. The average molecular weight is 82.4 g/mol. The zero-order valence-electron chi connectivity index (χ0n) is 4.12. The van der Waals surface area contributed by atoms with Crippen molar-refractivity contribution >= 4 is 20.4 Å². The quantitative estimate of drug-likeness (QED) is 0.444. The van der Waals surface area contributed by atoms with Gasteiger partial charge in [0.1, 0.15) is 0 Å². The molecule has 0 unspecified atom stereocenters. The molecule has 5 heavy (non-hydrogen) atoms. The summed E-state index contributed by atoms with van der Waals surface area (Å²) < 4.78 is 1.53. The monoisotopic (exact) mass is 82.1 g/mol. The molecular formula is C4H10Mg. The van der Waals surface area contributed by atoms with Gasteiger partial charge in [-0.25, -0.2) is 0 Å². The minimum atomic E-state index is 0.414. The van der Waals surface area contributed by atoms with E-state index in [0.717, 1.165) is 0 Å². The first-order chi connectivity index (χ1) is 2.41. The third kappa shape index (κ3) is 4.77. The molecule has 0 radical (unpaired) electrons. The minimum absolute atomic E-state index is 0.414. The molecule has 1 heteroatoms. The molecule has 0 aliphatic rings. The lowest BCUT2D eigenvalue weighted by Gasteiger charge is -1.75. The Morgan fingerprint density at radius 1 is 1.60 bits per heavy atom. The topological polar surface area (TPSA) is 0 Å². The van der Waals surface area contributed by atoms with Gasteiger partial charge in [0.15, 0.2) is 0 Å². The zero-order valence-corrected chi connectivity index (χ0v) is 5.54. The van der Waals surface area contributed by atoms with Gasteiger partial charge in [-0.1, -0.05) is 13.3 Å². The maximum atomic E-state index is 2.35. The van der Waals surface area contributed by atoms with Crippen molar-refractivity contribution in [1.82, 2.24) is 0 Å². The van der Waals surface area contributed by atoms with Gasteiger partial charge in [0.05, 0.1) is 0 Å². The molecule has 0 amide bonds. The van der Waals surface area contributed by atoms with Crippen LogP contribution in [0.15, 0.2) is 0 Å². The molecule has 28 valence electrons. The van der Waals surface area contributed by atoms with Gasteiger partial charge in [-0.05, 0) is 0 Å². The van der Waals surface area contributed by atoms with Crippen LogP contribution in [0, 0.1) is 0 Å². The van der Waals surface area contributed by atoms with Crippen LogP contribution in [0.1, 0.15) is 13.3 Å². The van der Waals surface area contributed by atoms with Crippen LogP contribution in [0.5, 0.6) is 0 Å². The summed E-state index contributed by atoms with van der Waals surface area (Å²) in [5.74, 6) is 0. The second-order valence-corrected chi connectivity index (χ2v) is 3.06. The van der Waals surface area contributed by atoms with E-state index in [9.17, 15) is 0 Å². The molecule has 0 saturated heterocycles. The van der Waals surface area contributed by atoms with Gasteiger partial charge < -0.3 is 0 Å². The summed E-state index contributed by atoms with van der Waals surface area (Å²) in [6.45, 7) is 2.25. The fourth-order valence-electron chi connectivity index (χ4n) is 0.354. The van der Waals surface area contributed by atoms with Gasteiger partial charge in [0, 0.05) is 0 Å². The third-order valence-electron chi connectivity index (χ3n) is 0.707. The first-order valence-corrected chi connectivity index (χ1v) is 4.83. The van der Waals surface area contributed by atoms with Crippen molar-refractivity contribution in [3.63, 3.8) is 0 Å². The van der Waals surface area contributed by atoms with Crippen LogP contribution in [0.25, 0.3) is 0 Å². The van der Waals surface area contributed by atoms with Gasteiger partial charge in [-0.3, -0.25) is 0 Å². The lowest BCUT2D eigenvalue weighted by molar-refractivity contribution is 1.07. The third-order valence-corrected chi connectivity index (χ3v) is 2.12. The highest BCUT2D eigenvalue weighted by Gasteiger charge is 1.76. The highest BCUT2D eigenvalue weighted by molar-refractivity contribution is 6.33. The molecule has 0 N–H and O–H groups in total. The van der Waals surface area contributed by atoms with E-state index in [4.69, 9.17) is 0 Å². The van der Waals surface area contributed by atoms with E-state index in [1.807, 2.05) is 0 Å². The van der Waals surface area contributed by atoms with E-state index in [1.54, 1.807) is 0 Å². The normalized spacial score (nSPS) is 6.80. The Bertz CT molecular complexity index is 11.1. The van der Waals surface area contributed by atoms with Gasteiger partial charge in [0.2, 0.25) is 0 Å². The molecule has 0 aromatic heterocycles. The predicted octanol–water partition coefficient (Wildman–Crippen LogP) is 1.57. The number of hydrogen-bond acceptors (Lipinski definition) is 0. The molecule has 0 fully saturated rings. The van der Waals surface area contributed by atoms with Crippen molar-refractivity contribution in [3.05, 3.63) is 0 Å². The van der Waals surface area contributed by atoms with Gasteiger partial charge in [-0.15, -0.1) is 4.55 Å². The maximum Gasteiger partial charge on any atom is 0.360 e. The van der Waals surface area contributed by atoms with E-state index >= 15 is 0 Å². The summed E-state index contributed by atoms with van der Waals surface area (Å²) in [4.78, 5) is 0. The van der Waals surface area contributed by atoms with E-state index < -0.39 is 0 Å². The van der Waals surface area contributed by atoms with Crippen LogP contribution in [-0.4, -0.2) is 20.4 Å². The van der Waals surface area contributed by atoms with E-state index in [1.165, 1.54) is 11.0 Å². The first kappa shape index (κ1) is 5.77. The van der Waals surface area contributed by atoms with Gasteiger partial charge in [0.25, 0.3) is 0 Å². The summed E-state index contributed by atoms with van der Waals surface area (Å²) in [6.07, 6.45) is 1.41. The van der Waals surface area contributed by atoms with Crippen LogP contribution in [0.3, 0.4) is 0 Å². The van der Waals surface area contributed by atoms with Crippen LogP contribution in [0.2, 0.25) is 9.60 Å². The lowest BCUT2D eigenvalue weighted by Crippen LogP contribution is -1.73. The van der Waals surface area contributed by atoms with E-state index in [2.05, 4.69) is 12.0 Å². The van der Waals surface area contributed by atoms with Crippen LogP contribution < -0.4 is 0 Å². The van der Waals surface area contributed by atoms with Gasteiger partial charge >= 0.3 is 20.4 Å². The molecule has 0 nitrogen and oxygen atoms in total. The fourth-order valence-corrected chi connectivity index (χ4v) is 1.06. The Labute approximate surface area is 43.7 Å². The molecule has 0 bridgehead atoms. The van der Waals surface area contributed by atoms with Crippen molar-refractivity contribution in [2.45, 2.75) is 22.9 Å². The fraction of sp³-hybridized carbons (Fsp3) is 1.00. The molecule has 0 aromatic carbocycles. The molecule has 0 spiro atoms. The molecule has 0 heterocycles. The molecule has 0 atom stereocenters. The Kier molecular flexibility index (Phi) is 5.50. The Hall–Kier alpha value is 0.766. The summed E-state index contributed by atoms with van der Waals surface area (Å²) in [5.41, 5.74) is 0. The Morgan fingerprint density at radius 3 is 2.20 bits per heavy atom. The Morgan fingerprint density at radius 2 is 2.20 bits per heavy atom. The van der Waals surface area contributed by atoms with E-state index in [0.29, 0.717) is 20.4 Å². The first-order valence-electron chi connectivity index (χ1n) is 2.41. The second kappa shape index (κ2) is 4.77. The number of hydrogen-bond donors (Lipinski definition) is 0. The molecule has 0 aromatic rings. The number of rotatable bonds is 2. The SMILES string of the molecule is CC[CH2][Mg][CH3]. The molecule has 0 rings (SSSR count). The summed E-state index contributed by atoms with van der Waals surface area (Å²) >= 11 is 0.414. The van der Waals surface area contributed by atoms with Crippen molar-refractivity contribution in [2.75, 3.05) is 0 Å². The molecule has 0 saturated carbocycles. The van der Waals surface area contributed by atoms with Gasteiger partial charge in [-0.2, -0.15) is 5.05 Å². The highest BCUT2D eigenvalue weighted by atomic mass is 24.5. The summed E-state index contributed by atoms with van der Waals surface area (Å²) in [5, 5.41) is 2.35. The van der Waals surface area contributed by atoms with Crippen LogP contribution in [-0.2, 0) is 0 Å². The maximum absolute atomic E-state index is 2.35. The van der Waals surface area contributed by atoms with Crippen molar-refractivity contribution < 1.29 is 0 Å². The second-order valence-electron chi connectivity index (χ2n) is 1.35. The Balaban J connectivity index is 2.19. The average Bonchev–Trinajstić information content (AvgIpc) is 1.41. The van der Waals surface area contributed by atoms with Crippen LogP contribution in [0.4, 0.5) is 0 Å². The van der Waals surface area contributed by atoms with Crippen LogP contribution >= 0.6 is 0 Å². The molecule has 0 aliphatic carbocycles. The summed E-state index contributed by atoms with van der Waals surface area (Å²) in [6, 6.07) is 0. The highest BCUT2D eigenvalue weighted by Crippen LogP contribution is 1.81. The van der Waals surface area contributed by atoms with Crippen molar-refractivity contribution in [2.24, 2.45) is 0 Å². The smallest absolute Gasteiger partial charge is 0.157 e. The van der Waals surface area contributed by atoms with E-state index in [-0.39, 0.29) is 0 Å². The zero-order chi connectivity index (χ0) is 4.12. The largest absolute Gasteiger partial charge is 0.360 e. The molecular weight excluding hydrogens is 72.3 g/mol.